The maximum atomic E-state index is 10.8. The molecule has 0 aliphatic rings. The van der Waals surface area contributed by atoms with E-state index in [4.69, 9.17) is 4.74 Å². The summed E-state index contributed by atoms with van der Waals surface area (Å²) in [6, 6.07) is 4.83. The summed E-state index contributed by atoms with van der Waals surface area (Å²) in [5.74, 6) is 0.342. The SMILES string of the molecule is CCCCCCOc1ccc(Br)cc1[N+](=O)[O-]. The predicted octanol–water partition coefficient (Wildman–Crippen LogP) is 4.32. The average molecular weight is 302 g/mol. The van der Waals surface area contributed by atoms with Crippen LogP contribution >= 0.6 is 15.9 Å². The molecule has 0 atom stereocenters. The van der Waals surface area contributed by atoms with E-state index in [1.54, 1.807) is 12.1 Å². The summed E-state index contributed by atoms with van der Waals surface area (Å²) < 4.78 is 6.12. The summed E-state index contributed by atoms with van der Waals surface area (Å²) >= 11 is 3.21. The third-order valence-corrected chi connectivity index (χ3v) is 2.87. The van der Waals surface area contributed by atoms with Gasteiger partial charge in [0.15, 0.2) is 5.75 Å². The van der Waals surface area contributed by atoms with Crippen LogP contribution in [0.5, 0.6) is 5.75 Å². The predicted molar refractivity (Wildman–Crippen MR) is 70.4 cm³/mol. The monoisotopic (exact) mass is 301 g/mol. The van der Waals surface area contributed by atoms with Gasteiger partial charge in [-0.25, -0.2) is 0 Å². The first-order chi connectivity index (χ1) is 8.15. The van der Waals surface area contributed by atoms with Crippen LogP contribution in [-0.2, 0) is 0 Å². The number of nitrogens with zero attached hydrogens (tertiary/aromatic N) is 1. The molecule has 4 nitrogen and oxygen atoms in total. The minimum Gasteiger partial charge on any atom is -0.487 e. The fourth-order valence-electron chi connectivity index (χ4n) is 1.47. The zero-order chi connectivity index (χ0) is 12.7. The molecule has 0 radical (unpaired) electrons. The van der Waals surface area contributed by atoms with Crippen LogP contribution < -0.4 is 4.74 Å². The van der Waals surface area contributed by atoms with Crippen LogP contribution in [-0.4, -0.2) is 11.5 Å². The number of benzene rings is 1. The van der Waals surface area contributed by atoms with E-state index in [1.807, 2.05) is 0 Å². The lowest BCUT2D eigenvalue weighted by Gasteiger charge is -2.06. The Hall–Kier alpha value is -1.10. The van der Waals surface area contributed by atoms with Gasteiger partial charge in [0.25, 0.3) is 0 Å². The van der Waals surface area contributed by atoms with Gasteiger partial charge >= 0.3 is 5.69 Å². The molecule has 94 valence electrons. The highest BCUT2D eigenvalue weighted by Crippen LogP contribution is 2.30. The van der Waals surface area contributed by atoms with Gasteiger partial charge in [-0.15, -0.1) is 0 Å². The molecule has 0 aliphatic carbocycles. The Labute approximate surface area is 109 Å². The van der Waals surface area contributed by atoms with E-state index in [0.717, 1.165) is 12.8 Å². The van der Waals surface area contributed by atoms with Gasteiger partial charge in [-0.1, -0.05) is 42.1 Å². The molecule has 0 unspecified atom stereocenters. The van der Waals surface area contributed by atoms with Gasteiger partial charge in [0.2, 0.25) is 0 Å². The Morgan fingerprint density at radius 3 is 2.76 bits per heavy atom. The van der Waals surface area contributed by atoms with E-state index in [9.17, 15) is 10.1 Å². The van der Waals surface area contributed by atoms with E-state index < -0.39 is 4.92 Å². The molecule has 0 saturated heterocycles. The van der Waals surface area contributed by atoms with Crippen molar-refractivity contribution in [2.45, 2.75) is 32.6 Å². The first kappa shape index (κ1) is 14.0. The van der Waals surface area contributed by atoms with E-state index in [0.29, 0.717) is 16.8 Å². The highest BCUT2D eigenvalue weighted by molar-refractivity contribution is 9.10. The van der Waals surface area contributed by atoms with Crippen molar-refractivity contribution in [2.75, 3.05) is 6.61 Å². The molecule has 0 bridgehead atoms. The normalized spacial score (nSPS) is 10.2. The molecular weight excluding hydrogens is 286 g/mol. The van der Waals surface area contributed by atoms with Crippen LogP contribution in [0.4, 0.5) is 5.69 Å². The summed E-state index contributed by atoms with van der Waals surface area (Å²) in [4.78, 5) is 10.4. The lowest BCUT2D eigenvalue weighted by Crippen LogP contribution is -2.00. The van der Waals surface area contributed by atoms with E-state index >= 15 is 0 Å². The Morgan fingerprint density at radius 2 is 2.12 bits per heavy atom. The molecule has 0 spiro atoms. The summed E-state index contributed by atoms with van der Waals surface area (Å²) in [6.07, 6.45) is 4.37. The molecule has 5 heteroatoms. The molecule has 1 aromatic carbocycles. The number of ether oxygens (including phenoxy) is 1. The quantitative estimate of drug-likeness (QED) is 0.428. The molecule has 1 aromatic rings. The number of halogens is 1. The topological polar surface area (TPSA) is 52.4 Å². The highest BCUT2D eigenvalue weighted by atomic mass is 79.9. The van der Waals surface area contributed by atoms with E-state index in [1.165, 1.54) is 18.9 Å². The van der Waals surface area contributed by atoms with Gasteiger partial charge in [-0.3, -0.25) is 10.1 Å². The lowest BCUT2D eigenvalue weighted by atomic mass is 10.2. The maximum absolute atomic E-state index is 10.8. The third-order valence-electron chi connectivity index (χ3n) is 2.37. The average Bonchev–Trinajstić information content (AvgIpc) is 2.30. The molecule has 0 fully saturated rings. The maximum Gasteiger partial charge on any atom is 0.312 e. The highest BCUT2D eigenvalue weighted by Gasteiger charge is 2.15. The van der Waals surface area contributed by atoms with Gasteiger partial charge in [-0.2, -0.15) is 0 Å². The number of unbranched alkanes of at least 4 members (excludes halogenated alkanes) is 3. The van der Waals surface area contributed by atoms with Crippen LogP contribution in [0.1, 0.15) is 32.6 Å². The van der Waals surface area contributed by atoms with Crippen molar-refractivity contribution in [1.82, 2.24) is 0 Å². The number of hydrogen-bond acceptors (Lipinski definition) is 3. The van der Waals surface area contributed by atoms with Crippen molar-refractivity contribution in [1.29, 1.82) is 0 Å². The Balaban J connectivity index is 2.55. The van der Waals surface area contributed by atoms with Gasteiger partial charge < -0.3 is 4.74 Å². The second-order valence-electron chi connectivity index (χ2n) is 3.78. The number of nitro groups is 1. The number of rotatable bonds is 7. The summed E-state index contributed by atoms with van der Waals surface area (Å²) in [5, 5.41) is 10.8. The lowest BCUT2D eigenvalue weighted by molar-refractivity contribution is -0.385. The largest absolute Gasteiger partial charge is 0.487 e. The summed E-state index contributed by atoms with van der Waals surface area (Å²) in [5.41, 5.74) is 0.00914. The zero-order valence-corrected chi connectivity index (χ0v) is 11.4. The smallest absolute Gasteiger partial charge is 0.312 e. The molecular formula is C12H16BrNO3. The molecule has 0 heterocycles. The number of nitro benzene ring substituents is 1. The minimum absolute atomic E-state index is 0.00914. The summed E-state index contributed by atoms with van der Waals surface area (Å²) in [6.45, 7) is 2.67. The van der Waals surface area contributed by atoms with Crippen LogP contribution in [0.25, 0.3) is 0 Å². The third kappa shape index (κ3) is 4.73. The van der Waals surface area contributed by atoms with Crippen molar-refractivity contribution in [3.8, 4) is 5.75 Å². The van der Waals surface area contributed by atoms with Crippen LogP contribution in [0, 0.1) is 10.1 Å². The fourth-order valence-corrected chi connectivity index (χ4v) is 1.82. The first-order valence-corrected chi connectivity index (χ1v) is 6.51. The minimum atomic E-state index is -0.424. The van der Waals surface area contributed by atoms with Crippen LogP contribution in [0.3, 0.4) is 0 Å². The number of hydrogen-bond donors (Lipinski definition) is 0. The van der Waals surface area contributed by atoms with Crippen LogP contribution in [0.15, 0.2) is 22.7 Å². The van der Waals surface area contributed by atoms with Crippen molar-refractivity contribution < 1.29 is 9.66 Å². The second-order valence-corrected chi connectivity index (χ2v) is 4.69. The first-order valence-electron chi connectivity index (χ1n) is 5.72. The zero-order valence-electron chi connectivity index (χ0n) is 9.82. The Kier molecular flexibility index (Phi) is 5.97. The van der Waals surface area contributed by atoms with Gasteiger partial charge in [0, 0.05) is 10.5 Å². The standard InChI is InChI=1S/C12H16BrNO3/c1-2-3-4-5-8-17-12-7-6-10(13)9-11(12)14(15)16/h6-7,9H,2-5,8H2,1H3. The molecule has 17 heavy (non-hydrogen) atoms. The molecule has 0 N–H and O–H groups in total. The molecule has 0 aliphatic heterocycles. The van der Waals surface area contributed by atoms with Crippen molar-refractivity contribution in [3.05, 3.63) is 32.8 Å². The molecule has 0 saturated carbocycles. The van der Waals surface area contributed by atoms with Crippen molar-refractivity contribution >= 4 is 21.6 Å². The molecule has 0 aromatic heterocycles. The van der Waals surface area contributed by atoms with Crippen LogP contribution in [0.2, 0.25) is 0 Å². The Morgan fingerprint density at radius 1 is 1.35 bits per heavy atom. The molecule has 0 amide bonds. The second kappa shape index (κ2) is 7.27. The van der Waals surface area contributed by atoms with Crippen molar-refractivity contribution in [3.63, 3.8) is 0 Å². The molecule has 1 rings (SSSR count). The van der Waals surface area contributed by atoms with Gasteiger partial charge in [0.1, 0.15) is 0 Å². The summed E-state index contributed by atoms with van der Waals surface area (Å²) in [7, 11) is 0. The van der Waals surface area contributed by atoms with Crippen molar-refractivity contribution in [2.24, 2.45) is 0 Å². The van der Waals surface area contributed by atoms with Gasteiger partial charge in [-0.05, 0) is 18.6 Å². The van der Waals surface area contributed by atoms with E-state index in [-0.39, 0.29) is 5.69 Å². The Bertz CT molecular complexity index is 382. The fraction of sp³-hybridized carbons (Fsp3) is 0.500. The van der Waals surface area contributed by atoms with E-state index in [2.05, 4.69) is 22.9 Å². The van der Waals surface area contributed by atoms with Gasteiger partial charge in [0.05, 0.1) is 11.5 Å².